The minimum atomic E-state index is 0.273. The summed E-state index contributed by atoms with van der Waals surface area (Å²) in [5.41, 5.74) is 7.40. The molecule has 1 aromatic heterocycles. The number of benzene rings is 1. The van der Waals surface area contributed by atoms with Crippen LogP contribution in [0, 0.1) is 0 Å². The molecule has 0 saturated carbocycles. The van der Waals surface area contributed by atoms with E-state index in [-0.39, 0.29) is 6.10 Å². The van der Waals surface area contributed by atoms with Gasteiger partial charge in [-0.15, -0.1) is 0 Å². The molecule has 2 aromatic rings. The SMILES string of the molecule is Nc1ccc(-c2ncn(CC3CCCCO3)n2)cc1. The van der Waals surface area contributed by atoms with Gasteiger partial charge in [-0.2, -0.15) is 5.10 Å². The van der Waals surface area contributed by atoms with Crippen LogP contribution in [0.4, 0.5) is 5.69 Å². The number of hydrogen-bond acceptors (Lipinski definition) is 4. The van der Waals surface area contributed by atoms with Crippen LogP contribution in [0.3, 0.4) is 0 Å². The molecule has 0 spiro atoms. The third-order valence-electron chi connectivity index (χ3n) is 3.37. The van der Waals surface area contributed by atoms with Crippen molar-refractivity contribution < 1.29 is 4.74 Å². The van der Waals surface area contributed by atoms with Crippen LogP contribution in [0.5, 0.6) is 0 Å². The molecule has 1 fully saturated rings. The van der Waals surface area contributed by atoms with E-state index in [0.717, 1.165) is 36.6 Å². The summed E-state index contributed by atoms with van der Waals surface area (Å²) in [5.74, 6) is 0.732. The molecule has 0 radical (unpaired) electrons. The first-order chi connectivity index (χ1) is 9.31. The average Bonchev–Trinajstić information content (AvgIpc) is 2.89. The Balaban J connectivity index is 1.70. The Labute approximate surface area is 112 Å². The van der Waals surface area contributed by atoms with Crippen LogP contribution < -0.4 is 5.73 Å². The molecule has 100 valence electrons. The van der Waals surface area contributed by atoms with Crippen molar-refractivity contribution in [3.63, 3.8) is 0 Å². The van der Waals surface area contributed by atoms with E-state index in [0.29, 0.717) is 0 Å². The summed E-state index contributed by atoms with van der Waals surface area (Å²) in [6.07, 6.45) is 5.56. The fraction of sp³-hybridized carbons (Fsp3) is 0.429. The summed E-state index contributed by atoms with van der Waals surface area (Å²) in [5, 5.41) is 4.49. The number of hydrogen-bond donors (Lipinski definition) is 1. The molecule has 1 aliphatic heterocycles. The van der Waals surface area contributed by atoms with Gasteiger partial charge in [-0.1, -0.05) is 0 Å². The first-order valence-corrected chi connectivity index (χ1v) is 6.68. The number of nitrogens with zero attached hydrogens (tertiary/aromatic N) is 3. The Bertz CT molecular complexity index is 529. The van der Waals surface area contributed by atoms with E-state index in [1.807, 2.05) is 28.9 Å². The van der Waals surface area contributed by atoms with Crippen LogP contribution >= 0.6 is 0 Å². The lowest BCUT2D eigenvalue weighted by molar-refractivity contribution is 0.00397. The highest BCUT2D eigenvalue weighted by molar-refractivity contribution is 5.57. The van der Waals surface area contributed by atoms with Crippen molar-refractivity contribution >= 4 is 5.69 Å². The summed E-state index contributed by atoms with van der Waals surface area (Å²) in [6, 6.07) is 7.60. The Kier molecular flexibility index (Phi) is 3.46. The molecule has 2 N–H and O–H groups in total. The van der Waals surface area contributed by atoms with Crippen molar-refractivity contribution in [2.75, 3.05) is 12.3 Å². The summed E-state index contributed by atoms with van der Waals surface area (Å²) >= 11 is 0. The van der Waals surface area contributed by atoms with Crippen LogP contribution in [-0.2, 0) is 11.3 Å². The zero-order chi connectivity index (χ0) is 13.1. The van der Waals surface area contributed by atoms with Gasteiger partial charge in [0.2, 0.25) is 0 Å². The van der Waals surface area contributed by atoms with E-state index in [1.165, 1.54) is 12.8 Å². The number of rotatable bonds is 3. The summed E-state index contributed by atoms with van der Waals surface area (Å²) in [7, 11) is 0. The van der Waals surface area contributed by atoms with Gasteiger partial charge in [0.25, 0.3) is 0 Å². The van der Waals surface area contributed by atoms with Gasteiger partial charge in [0.1, 0.15) is 6.33 Å². The quantitative estimate of drug-likeness (QED) is 0.856. The second-order valence-electron chi connectivity index (χ2n) is 4.90. The van der Waals surface area contributed by atoms with Gasteiger partial charge in [-0.3, -0.25) is 0 Å². The lowest BCUT2D eigenvalue weighted by atomic mass is 10.1. The minimum absolute atomic E-state index is 0.273. The highest BCUT2D eigenvalue weighted by Crippen LogP contribution is 2.17. The van der Waals surface area contributed by atoms with Gasteiger partial charge in [0, 0.05) is 17.9 Å². The molecule has 1 aromatic carbocycles. The van der Waals surface area contributed by atoms with Crippen molar-refractivity contribution in [2.24, 2.45) is 0 Å². The topological polar surface area (TPSA) is 66.0 Å². The lowest BCUT2D eigenvalue weighted by Gasteiger charge is -2.21. The lowest BCUT2D eigenvalue weighted by Crippen LogP contribution is -2.24. The zero-order valence-electron chi connectivity index (χ0n) is 10.8. The maximum absolute atomic E-state index is 5.71. The van der Waals surface area contributed by atoms with Crippen molar-refractivity contribution in [1.82, 2.24) is 14.8 Å². The number of anilines is 1. The first kappa shape index (κ1) is 12.2. The van der Waals surface area contributed by atoms with Crippen LogP contribution in [0.2, 0.25) is 0 Å². The first-order valence-electron chi connectivity index (χ1n) is 6.68. The van der Waals surface area contributed by atoms with Crippen LogP contribution in [0.15, 0.2) is 30.6 Å². The highest BCUT2D eigenvalue weighted by atomic mass is 16.5. The van der Waals surface area contributed by atoms with Gasteiger partial charge in [0.15, 0.2) is 5.82 Å². The normalized spacial score (nSPS) is 19.5. The molecule has 3 rings (SSSR count). The number of nitrogen functional groups attached to an aromatic ring is 1. The standard InChI is InChI=1S/C14H18N4O/c15-12-6-4-11(5-7-12)14-16-10-18(17-14)9-13-3-1-2-8-19-13/h4-7,10,13H,1-3,8-9,15H2. The summed E-state index contributed by atoms with van der Waals surface area (Å²) < 4.78 is 7.57. The zero-order valence-corrected chi connectivity index (χ0v) is 10.8. The summed E-state index contributed by atoms with van der Waals surface area (Å²) in [4.78, 5) is 4.34. The molecule has 0 bridgehead atoms. The maximum atomic E-state index is 5.71. The smallest absolute Gasteiger partial charge is 0.181 e. The Morgan fingerprint density at radius 1 is 1.26 bits per heavy atom. The molecule has 1 saturated heterocycles. The van der Waals surface area contributed by atoms with Gasteiger partial charge in [-0.05, 0) is 43.5 Å². The van der Waals surface area contributed by atoms with E-state index < -0.39 is 0 Å². The van der Waals surface area contributed by atoms with Gasteiger partial charge >= 0.3 is 0 Å². The van der Waals surface area contributed by atoms with Gasteiger partial charge in [0.05, 0.1) is 12.6 Å². The van der Waals surface area contributed by atoms with Crippen molar-refractivity contribution in [2.45, 2.75) is 31.9 Å². The van der Waals surface area contributed by atoms with Crippen molar-refractivity contribution in [3.8, 4) is 11.4 Å². The van der Waals surface area contributed by atoms with Crippen LogP contribution in [0.1, 0.15) is 19.3 Å². The predicted molar refractivity (Wildman–Crippen MR) is 73.5 cm³/mol. The van der Waals surface area contributed by atoms with E-state index in [4.69, 9.17) is 10.5 Å². The molecular formula is C14H18N4O. The van der Waals surface area contributed by atoms with E-state index >= 15 is 0 Å². The van der Waals surface area contributed by atoms with Crippen molar-refractivity contribution in [3.05, 3.63) is 30.6 Å². The highest BCUT2D eigenvalue weighted by Gasteiger charge is 2.15. The van der Waals surface area contributed by atoms with E-state index in [2.05, 4.69) is 10.1 Å². The molecule has 0 amide bonds. The molecule has 5 nitrogen and oxygen atoms in total. The molecular weight excluding hydrogens is 240 g/mol. The second-order valence-corrected chi connectivity index (χ2v) is 4.90. The van der Waals surface area contributed by atoms with Gasteiger partial charge < -0.3 is 10.5 Å². The van der Waals surface area contributed by atoms with Gasteiger partial charge in [-0.25, -0.2) is 9.67 Å². The molecule has 1 unspecified atom stereocenters. The average molecular weight is 258 g/mol. The monoisotopic (exact) mass is 258 g/mol. The molecule has 2 heterocycles. The Hall–Kier alpha value is -1.88. The Morgan fingerprint density at radius 2 is 2.11 bits per heavy atom. The van der Waals surface area contributed by atoms with Crippen LogP contribution in [-0.4, -0.2) is 27.5 Å². The largest absolute Gasteiger partial charge is 0.399 e. The third-order valence-corrected chi connectivity index (χ3v) is 3.37. The van der Waals surface area contributed by atoms with E-state index in [1.54, 1.807) is 6.33 Å². The predicted octanol–water partition coefficient (Wildman–Crippen LogP) is 2.10. The molecule has 0 aliphatic carbocycles. The summed E-state index contributed by atoms with van der Waals surface area (Å²) in [6.45, 7) is 1.64. The second kappa shape index (κ2) is 5.40. The molecule has 5 heteroatoms. The Morgan fingerprint density at radius 3 is 2.84 bits per heavy atom. The van der Waals surface area contributed by atoms with E-state index in [9.17, 15) is 0 Å². The third kappa shape index (κ3) is 2.93. The minimum Gasteiger partial charge on any atom is -0.399 e. The number of nitrogens with two attached hydrogens (primary N) is 1. The fourth-order valence-corrected chi connectivity index (χ4v) is 2.31. The fourth-order valence-electron chi connectivity index (χ4n) is 2.31. The molecule has 19 heavy (non-hydrogen) atoms. The molecule has 1 aliphatic rings. The van der Waals surface area contributed by atoms with Crippen LogP contribution in [0.25, 0.3) is 11.4 Å². The molecule has 1 atom stereocenters. The maximum Gasteiger partial charge on any atom is 0.181 e. The van der Waals surface area contributed by atoms with Crippen molar-refractivity contribution in [1.29, 1.82) is 0 Å². The number of aromatic nitrogens is 3. The number of ether oxygens (including phenoxy) is 1.